The number of hydrogen-bond donors (Lipinski definition) is 0. The van der Waals surface area contributed by atoms with Crippen molar-refractivity contribution in [2.45, 2.75) is 24.0 Å². The molecule has 0 aliphatic rings. The summed E-state index contributed by atoms with van der Waals surface area (Å²) in [6, 6.07) is 10.9. The zero-order valence-electron chi connectivity index (χ0n) is 13.7. The van der Waals surface area contributed by atoms with Gasteiger partial charge in [-0.15, -0.1) is 0 Å². The van der Waals surface area contributed by atoms with Crippen LogP contribution in [0.25, 0.3) is 11.0 Å². The minimum atomic E-state index is -3.60. The van der Waals surface area contributed by atoms with Gasteiger partial charge >= 0.3 is 5.97 Å². The Labute approximate surface area is 145 Å². The van der Waals surface area contributed by atoms with E-state index in [4.69, 9.17) is 4.74 Å². The second-order valence-electron chi connectivity index (χ2n) is 5.69. The first-order chi connectivity index (χ1) is 11.9. The van der Waals surface area contributed by atoms with E-state index < -0.39 is 21.1 Å². The van der Waals surface area contributed by atoms with Crippen LogP contribution in [0.1, 0.15) is 24.2 Å². The molecule has 0 saturated heterocycles. The van der Waals surface area contributed by atoms with Crippen molar-refractivity contribution < 1.29 is 17.9 Å². The highest BCUT2D eigenvalue weighted by Gasteiger charge is 2.26. The van der Waals surface area contributed by atoms with Gasteiger partial charge in [0.1, 0.15) is 5.75 Å². The van der Waals surface area contributed by atoms with E-state index >= 15 is 0 Å². The fourth-order valence-corrected chi connectivity index (χ4v) is 3.54. The van der Waals surface area contributed by atoms with Gasteiger partial charge in [0.25, 0.3) is 0 Å². The molecule has 0 aliphatic heterocycles. The monoisotopic (exact) mass is 356 g/mol. The van der Waals surface area contributed by atoms with Crippen LogP contribution in [0.3, 0.4) is 0 Å². The van der Waals surface area contributed by atoms with Crippen molar-refractivity contribution in [3.63, 3.8) is 0 Å². The van der Waals surface area contributed by atoms with Crippen molar-refractivity contribution in [1.82, 2.24) is 9.97 Å². The molecule has 128 valence electrons. The maximum absolute atomic E-state index is 12.5. The standard InChI is InChI=1S/C18H16N2O4S/c1-12(2)25(22,23)17-6-4-3-5-14(17)18(21)24-13-7-8-15-16(11-13)20-10-9-19-15/h3-12H,1-2H3. The molecule has 0 aliphatic carbocycles. The normalized spacial score (nSPS) is 11.6. The van der Waals surface area contributed by atoms with Gasteiger partial charge in [0.15, 0.2) is 9.84 Å². The fraction of sp³-hybridized carbons (Fsp3) is 0.167. The van der Waals surface area contributed by atoms with E-state index in [1.807, 2.05) is 0 Å². The van der Waals surface area contributed by atoms with Crippen molar-refractivity contribution in [2.24, 2.45) is 0 Å². The number of nitrogens with zero attached hydrogens (tertiary/aromatic N) is 2. The quantitative estimate of drug-likeness (QED) is 0.527. The number of carbonyl (C=O) groups excluding carboxylic acids is 1. The van der Waals surface area contributed by atoms with Gasteiger partial charge in [0.2, 0.25) is 0 Å². The predicted octanol–water partition coefficient (Wildman–Crippen LogP) is 3.03. The highest BCUT2D eigenvalue weighted by Crippen LogP contribution is 2.23. The molecule has 0 bridgehead atoms. The molecule has 0 amide bonds. The largest absolute Gasteiger partial charge is 0.423 e. The summed E-state index contributed by atoms with van der Waals surface area (Å²) in [6.07, 6.45) is 3.11. The van der Waals surface area contributed by atoms with Gasteiger partial charge in [0, 0.05) is 18.5 Å². The number of sulfone groups is 1. The van der Waals surface area contributed by atoms with Crippen LogP contribution in [0.15, 0.2) is 59.8 Å². The number of ether oxygens (including phenoxy) is 1. The molecule has 0 atom stereocenters. The van der Waals surface area contributed by atoms with Gasteiger partial charge < -0.3 is 4.74 Å². The van der Waals surface area contributed by atoms with Crippen LogP contribution in [0.2, 0.25) is 0 Å². The Kier molecular flexibility index (Phi) is 4.50. The second-order valence-corrected chi connectivity index (χ2v) is 8.16. The van der Waals surface area contributed by atoms with E-state index in [0.29, 0.717) is 11.0 Å². The molecular formula is C18H16N2O4S. The topological polar surface area (TPSA) is 86.2 Å². The number of fused-ring (bicyclic) bond motifs is 1. The summed E-state index contributed by atoms with van der Waals surface area (Å²) < 4.78 is 30.3. The lowest BCUT2D eigenvalue weighted by atomic mass is 10.2. The minimum absolute atomic E-state index is 0.00967. The molecule has 0 spiro atoms. The highest BCUT2D eigenvalue weighted by molar-refractivity contribution is 7.92. The Morgan fingerprint density at radius 2 is 1.68 bits per heavy atom. The lowest BCUT2D eigenvalue weighted by molar-refractivity contribution is 0.0731. The Bertz CT molecular complexity index is 1050. The van der Waals surface area contributed by atoms with Crippen molar-refractivity contribution in [3.05, 3.63) is 60.4 Å². The Hall–Kier alpha value is -2.80. The summed E-state index contributed by atoms with van der Waals surface area (Å²) in [5.41, 5.74) is 1.26. The Balaban J connectivity index is 1.96. The second kappa shape index (κ2) is 6.60. The minimum Gasteiger partial charge on any atom is -0.423 e. The molecule has 0 unspecified atom stereocenters. The third-order valence-corrected chi connectivity index (χ3v) is 5.90. The number of hydrogen-bond acceptors (Lipinski definition) is 6. The molecule has 2 aromatic carbocycles. The first-order valence-electron chi connectivity index (χ1n) is 7.65. The molecule has 0 radical (unpaired) electrons. The number of aromatic nitrogens is 2. The summed E-state index contributed by atoms with van der Waals surface area (Å²) >= 11 is 0. The van der Waals surface area contributed by atoms with Gasteiger partial charge in [-0.1, -0.05) is 12.1 Å². The zero-order valence-corrected chi connectivity index (χ0v) is 14.5. The highest BCUT2D eigenvalue weighted by atomic mass is 32.2. The number of carbonyl (C=O) groups is 1. The van der Waals surface area contributed by atoms with E-state index in [-0.39, 0.29) is 16.2 Å². The Morgan fingerprint density at radius 3 is 2.40 bits per heavy atom. The van der Waals surface area contributed by atoms with Crippen LogP contribution in [0.4, 0.5) is 0 Å². The van der Waals surface area contributed by atoms with E-state index in [2.05, 4.69) is 9.97 Å². The molecule has 1 heterocycles. The van der Waals surface area contributed by atoms with Crippen molar-refractivity contribution in [2.75, 3.05) is 0 Å². The first-order valence-corrected chi connectivity index (χ1v) is 9.20. The third kappa shape index (κ3) is 3.36. The molecule has 0 N–H and O–H groups in total. The van der Waals surface area contributed by atoms with Crippen molar-refractivity contribution in [3.8, 4) is 5.75 Å². The van der Waals surface area contributed by atoms with E-state index in [1.165, 1.54) is 12.1 Å². The van der Waals surface area contributed by atoms with Crippen LogP contribution in [-0.2, 0) is 9.84 Å². The van der Waals surface area contributed by atoms with Crippen LogP contribution in [-0.4, -0.2) is 29.6 Å². The molecule has 6 nitrogen and oxygen atoms in total. The van der Waals surface area contributed by atoms with Crippen molar-refractivity contribution >= 4 is 26.8 Å². The van der Waals surface area contributed by atoms with Gasteiger partial charge in [-0.25, -0.2) is 13.2 Å². The van der Waals surface area contributed by atoms with Gasteiger partial charge in [-0.2, -0.15) is 0 Å². The maximum atomic E-state index is 12.5. The Morgan fingerprint density at radius 1 is 1.00 bits per heavy atom. The third-order valence-electron chi connectivity index (χ3n) is 3.69. The zero-order chi connectivity index (χ0) is 18.0. The summed E-state index contributed by atoms with van der Waals surface area (Å²) in [4.78, 5) is 20.8. The van der Waals surface area contributed by atoms with Crippen LogP contribution < -0.4 is 4.74 Å². The molecule has 1 aromatic heterocycles. The molecule has 25 heavy (non-hydrogen) atoms. The summed E-state index contributed by atoms with van der Waals surface area (Å²) in [7, 11) is -3.60. The SMILES string of the molecule is CC(C)S(=O)(=O)c1ccccc1C(=O)Oc1ccc2nccnc2c1. The average molecular weight is 356 g/mol. The lowest BCUT2D eigenvalue weighted by Crippen LogP contribution is -2.19. The van der Waals surface area contributed by atoms with E-state index in [1.54, 1.807) is 56.6 Å². The van der Waals surface area contributed by atoms with E-state index in [0.717, 1.165) is 0 Å². The molecule has 3 rings (SSSR count). The van der Waals surface area contributed by atoms with Gasteiger partial charge in [-0.3, -0.25) is 9.97 Å². The van der Waals surface area contributed by atoms with Crippen molar-refractivity contribution in [1.29, 1.82) is 0 Å². The molecular weight excluding hydrogens is 340 g/mol. The maximum Gasteiger partial charge on any atom is 0.344 e. The molecule has 0 saturated carbocycles. The summed E-state index contributed by atoms with van der Waals surface area (Å²) in [5.74, 6) is -0.460. The first kappa shape index (κ1) is 17.0. The smallest absolute Gasteiger partial charge is 0.344 e. The number of benzene rings is 2. The fourth-order valence-electron chi connectivity index (χ4n) is 2.31. The number of esters is 1. The van der Waals surface area contributed by atoms with Crippen LogP contribution >= 0.6 is 0 Å². The predicted molar refractivity (Wildman–Crippen MR) is 93.3 cm³/mol. The molecule has 0 fully saturated rings. The van der Waals surface area contributed by atoms with Gasteiger partial charge in [0.05, 0.1) is 26.7 Å². The lowest BCUT2D eigenvalue weighted by Gasteiger charge is -2.12. The van der Waals surface area contributed by atoms with Crippen LogP contribution in [0, 0.1) is 0 Å². The number of rotatable bonds is 4. The molecule has 3 aromatic rings. The van der Waals surface area contributed by atoms with E-state index in [9.17, 15) is 13.2 Å². The average Bonchev–Trinajstić information content (AvgIpc) is 2.61. The summed E-state index contributed by atoms with van der Waals surface area (Å²) in [5, 5.41) is -0.641. The van der Waals surface area contributed by atoms with Crippen LogP contribution in [0.5, 0.6) is 5.75 Å². The molecule has 7 heteroatoms. The van der Waals surface area contributed by atoms with Gasteiger partial charge in [-0.05, 0) is 38.1 Å². The summed E-state index contributed by atoms with van der Waals surface area (Å²) in [6.45, 7) is 3.14.